The fraction of sp³-hybridized carbons (Fsp3) is 0.500. The largest absolute Gasteiger partial charge is 0.380 e. The number of nitrogens with one attached hydrogen (secondary N) is 1. The van der Waals surface area contributed by atoms with Crippen LogP contribution in [0.2, 0.25) is 0 Å². The van der Waals surface area contributed by atoms with Crippen LogP contribution in [-0.2, 0) is 11.3 Å². The Morgan fingerprint density at radius 1 is 1.46 bits per heavy atom. The molecule has 0 bridgehead atoms. The molecule has 0 aliphatic carbocycles. The summed E-state index contributed by atoms with van der Waals surface area (Å²) < 4.78 is 5.19. The van der Waals surface area contributed by atoms with Crippen LogP contribution in [-0.4, -0.2) is 24.7 Å². The first-order chi connectivity index (χ1) is 6.43. The van der Waals surface area contributed by atoms with Crippen LogP contribution in [0.4, 0.5) is 0 Å². The quantitative estimate of drug-likeness (QED) is 0.668. The number of aromatic nitrogens is 1. The molecule has 0 atom stereocenters. The van der Waals surface area contributed by atoms with Gasteiger partial charge in [-0.2, -0.15) is 0 Å². The Balaban J connectivity index is 2.07. The standard InChI is InChI=1S/C10H16N2O/c1-2-13-8-7-11-9-10-5-3-4-6-12-10/h3-6,11H,2,7-9H2,1H3. The third kappa shape index (κ3) is 4.60. The summed E-state index contributed by atoms with van der Waals surface area (Å²) in [4.78, 5) is 4.19. The Hall–Kier alpha value is -0.930. The van der Waals surface area contributed by atoms with Gasteiger partial charge in [-0.05, 0) is 19.1 Å². The molecular weight excluding hydrogens is 164 g/mol. The SMILES string of the molecule is CCOCCNCc1ccccn1. The lowest BCUT2D eigenvalue weighted by molar-refractivity contribution is 0.149. The van der Waals surface area contributed by atoms with Gasteiger partial charge in [0, 0.05) is 25.9 Å². The molecule has 72 valence electrons. The monoisotopic (exact) mass is 180 g/mol. The van der Waals surface area contributed by atoms with Crippen LogP contribution in [0.3, 0.4) is 0 Å². The third-order valence-electron chi connectivity index (χ3n) is 1.66. The molecule has 0 aromatic carbocycles. The zero-order valence-corrected chi connectivity index (χ0v) is 7.99. The van der Waals surface area contributed by atoms with E-state index in [0.717, 1.165) is 32.0 Å². The fourth-order valence-electron chi connectivity index (χ4n) is 1.01. The summed E-state index contributed by atoms with van der Waals surface area (Å²) in [6.45, 7) is 5.24. The van der Waals surface area contributed by atoms with Crippen molar-refractivity contribution in [3.8, 4) is 0 Å². The zero-order chi connectivity index (χ0) is 9.36. The van der Waals surface area contributed by atoms with E-state index in [1.165, 1.54) is 0 Å². The van der Waals surface area contributed by atoms with Gasteiger partial charge < -0.3 is 10.1 Å². The Kier molecular flexibility index (Phi) is 5.13. The average molecular weight is 180 g/mol. The minimum Gasteiger partial charge on any atom is -0.380 e. The summed E-state index contributed by atoms with van der Waals surface area (Å²) in [6.07, 6.45) is 1.81. The number of ether oxygens (including phenoxy) is 1. The number of pyridine rings is 1. The number of hydrogen-bond acceptors (Lipinski definition) is 3. The van der Waals surface area contributed by atoms with Crippen LogP contribution in [0.25, 0.3) is 0 Å². The summed E-state index contributed by atoms with van der Waals surface area (Å²) in [6, 6.07) is 5.92. The van der Waals surface area contributed by atoms with E-state index in [-0.39, 0.29) is 0 Å². The minimum atomic E-state index is 0.767. The molecule has 13 heavy (non-hydrogen) atoms. The zero-order valence-electron chi connectivity index (χ0n) is 7.99. The van der Waals surface area contributed by atoms with E-state index in [9.17, 15) is 0 Å². The molecule has 3 nitrogen and oxygen atoms in total. The predicted molar refractivity (Wildman–Crippen MR) is 52.4 cm³/mol. The summed E-state index contributed by atoms with van der Waals surface area (Å²) in [5.74, 6) is 0. The van der Waals surface area contributed by atoms with Gasteiger partial charge in [-0.3, -0.25) is 4.98 Å². The van der Waals surface area contributed by atoms with Crippen LogP contribution < -0.4 is 5.32 Å². The maximum atomic E-state index is 5.19. The van der Waals surface area contributed by atoms with E-state index in [2.05, 4.69) is 10.3 Å². The summed E-state index contributed by atoms with van der Waals surface area (Å²) in [7, 11) is 0. The van der Waals surface area contributed by atoms with Gasteiger partial charge in [-0.25, -0.2) is 0 Å². The van der Waals surface area contributed by atoms with Gasteiger partial charge in [0.25, 0.3) is 0 Å². The van der Waals surface area contributed by atoms with E-state index in [0.29, 0.717) is 0 Å². The first kappa shape index (κ1) is 10.2. The maximum Gasteiger partial charge on any atom is 0.0590 e. The van der Waals surface area contributed by atoms with Crippen molar-refractivity contribution in [3.63, 3.8) is 0 Å². The molecule has 0 saturated carbocycles. The van der Waals surface area contributed by atoms with Crippen molar-refractivity contribution in [2.24, 2.45) is 0 Å². The van der Waals surface area contributed by atoms with Crippen molar-refractivity contribution in [1.82, 2.24) is 10.3 Å². The van der Waals surface area contributed by atoms with E-state index in [4.69, 9.17) is 4.74 Å². The van der Waals surface area contributed by atoms with Crippen LogP contribution in [0.1, 0.15) is 12.6 Å². The minimum absolute atomic E-state index is 0.767. The van der Waals surface area contributed by atoms with Crippen LogP contribution in [0, 0.1) is 0 Å². The highest BCUT2D eigenvalue weighted by molar-refractivity contribution is 5.02. The molecule has 0 aliphatic rings. The topological polar surface area (TPSA) is 34.1 Å². The van der Waals surface area contributed by atoms with Crippen LogP contribution >= 0.6 is 0 Å². The van der Waals surface area contributed by atoms with Gasteiger partial charge in [0.1, 0.15) is 0 Å². The average Bonchev–Trinajstić information content (AvgIpc) is 2.19. The van der Waals surface area contributed by atoms with Gasteiger partial charge in [0.05, 0.1) is 12.3 Å². The molecule has 0 fully saturated rings. The molecule has 0 unspecified atom stereocenters. The van der Waals surface area contributed by atoms with E-state index in [1.807, 2.05) is 25.1 Å². The maximum absolute atomic E-state index is 5.19. The van der Waals surface area contributed by atoms with Gasteiger partial charge in [0.15, 0.2) is 0 Å². The summed E-state index contributed by atoms with van der Waals surface area (Å²) in [5.41, 5.74) is 1.07. The molecule has 1 aromatic rings. The van der Waals surface area contributed by atoms with Crippen molar-refractivity contribution < 1.29 is 4.74 Å². The smallest absolute Gasteiger partial charge is 0.0590 e. The lowest BCUT2D eigenvalue weighted by atomic mass is 10.3. The normalized spacial score (nSPS) is 10.2. The van der Waals surface area contributed by atoms with Crippen molar-refractivity contribution in [1.29, 1.82) is 0 Å². The molecular formula is C10H16N2O. The third-order valence-corrected chi connectivity index (χ3v) is 1.66. The van der Waals surface area contributed by atoms with Crippen molar-refractivity contribution in [2.75, 3.05) is 19.8 Å². The van der Waals surface area contributed by atoms with Crippen molar-refractivity contribution in [2.45, 2.75) is 13.5 Å². The highest BCUT2D eigenvalue weighted by Crippen LogP contribution is 1.91. The van der Waals surface area contributed by atoms with Crippen molar-refractivity contribution >= 4 is 0 Å². The van der Waals surface area contributed by atoms with Gasteiger partial charge >= 0.3 is 0 Å². The van der Waals surface area contributed by atoms with E-state index >= 15 is 0 Å². The van der Waals surface area contributed by atoms with Crippen LogP contribution in [0.15, 0.2) is 24.4 Å². The molecule has 0 aliphatic heterocycles. The molecule has 3 heteroatoms. The summed E-state index contributed by atoms with van der Waals surface area (Å²) >= 11 is 0. The highest BCUT2D eigenvalue weighted by Gasteiger charge is 1.90. The summed E-state index contributed by atoms with van der Waals surface area (Å²) in [5, 5.41) is 3.25. The van der Waals surface area contributed by atoms with E-state index < -0.39 is 0 Å². The number of nitrogens with zero attached hydrogens (tertiary/aromatic N) is 1. The molecule has 1 heterocycles. The number of hydrogen-bond donors (Lipinski definition) is 1. The Bertz CT molecular complexity index is 213. The van der Waals surface area contributed by atoms with Gasteiger partial charge in [-0.15, -0.1) is 0 Å². The van der Waals surface area contributed by atoms with Crippen LogP contribution in [0.5, 0.6) is 0 Å². The van der Waals surface area contributed by atoms with E-state index in [1.54, 1.807) is 6.20 Å². The second-order valence-electron chi connectivity index (χ2n) is 2.69. The lowest BCUT2D eigenvalue weighted by Gasteiger charge is -2.03. The fourth-order valence-corrected chi connectivity index (χ4v) is 1.01. The van der Waals surface area contributed by atoms with Gasteiger partial charge in [-0.1, -0.05) is 6.07 Å². The second-order valence-corrected chi connectivity index (χ2v) is 2.69. The van der Waals surface area contributed by atoms with Crippen molar-refractivity contribution in [3.05, 3.63) is 30.1 Å². The molecule has 0 radical (unpaired) electrons. The highest BCUT2D eigenvalue weighted by atomic mass is 16.5. The Labute approximate surface area is 79.1 Å². The molecule has 0 spiro atoms. The lowest BCUT2D eigenvalue weighted by Crippen LogP contribution is -2.19. The first-order valence-electron chi connectivity index (χ1n) is 4.62. The molecule has 1 rings (SSSR count). The van der Waals surface area contributed by atoms with Gasteiger partial charge in [0.2, 0.25) is 0 Å². The molecule has 0 saturated heterocycles. The Morgan fingerprint density at radius 3 is 3.08 bits per heavy atom. The Morgan fingerprint density at radius 2 is 2.38 bits per heavy atom. The predicted octanol–water partition coefficient (Wildman–Crippen LogP) is 1.21. The first-order valence-corrected chi connectivity index (χ1v) is 4.62. The number of rotatable bonds is 6. The molecule has 1 N–H and O–H groups in total. The molecule has 0 amide bonds. The molecule has 1 aromatic heterocycles. The second kappa shape index (κ2) is 6.57.